The Morgan fingerprint density at radius 2 is 2.07 bits per heavy atom. The molecule has 0 bridgehead atoms. The van der Waals surface area contributed by atoms with Gasteiger partial charge in [-0.05, 0) is 31.0 Å². The molecule has 1 aliphatic heterocycles. The summed E-state index contributed by atoms with van der Waals surface area (Å²) in [5.74, 6) is 0. The van der Waals surface area contributed by atoms with Crippen molar-refractivity contribution in [3.05, 3.63) is 39.8 Å². The standard InChI is InChI=1S/C19H18N6OS3/c1-11(12-2-3-15-14(8-12)21-10-27-15)25-6-4-13-16(5-7-25)28-17(22-13)18-23-24-19(29-18)20-9-26/h2-3,8-11H,4-7H2,1H3,(H,20,24,26). The third kappa shape index (κ3) is 3.68. The van der Waals surface area contributed by atoms with Crippen molar-refractivity contribution >= 4 is 55.8 Å². The van der Waals surface area contributed by atoms with E-state index in [0.29, 0.717) is 17.6 Å². The zero-order valence-corrected chi connectivity index (χ0v) is 18.1. The van der Waals surface area contributed by atoms with Gasteiger partial charge in [-0.2, -0.15) is 0 Å². The van der Waals surface area contributed by atoms with Gasteiger partial charge in [0.05, 0.1) is 21.4 Å². The van der Waals surface area contributed by atoms with Crippen LogP contribution in [-0.4, -0.2) is 44.6 Å². The number of carbonyl (C=O) groups excluding carboxylic acids is 1. The lowest BCUT2D eigenvalue weighted by Crippen LogP contribution is -2.29. The average molecular weight is 443 g/mol. The third-order valence-electron chi connectivity index (χ3n) is 5.22. The molecule has 0 spiro atoms. The lowest BCUT2D eigenvalue weighted by Gasteiger charge is -2.27. The van der Waals surface area contributed by atoms with E-state index in [9.17, 15) is 4.79 Å². The summed E-state index contributed by atoms with van der Waals surface area (Å²) in [5, 5.41) is 12.8. The van der Waals surface area contributed by atoms with Crippen molar-refractivity contribution in [2.45, 2.75) is 25.8 Å². The topological polar surface area (TPSA) is 83.9 Å². The zero-order chi connectivity index (χ0) is 19.8. The van der Waals surface area contributed by atoms with E-state index in [1.165, 1.54) is 26.5 Å². The summed E-state index contributed by atoms with van der Waals surface area (Å²) in [6, 6.07) is 6.96. The van der Waals surface area contributed by atoms with Crippen LogP contribution in [0, 0.1) is 0 Å². The molecule has 0 radical (unpaired) electrons. The van der Waals surface area contributed by atoms with Gasteiger partial charge in [0.25, 0.3) is 0 Å². The largest absolute Gasteiger partial charge is 0.303 e. The van der Waals surface area contributed by atoms with E-state index in [0.717, 1.165) is 47.2 Å². The lowest BCUT2D eigenvalue weighted by molar-refractivity contribution is -0.105. The van der Waals surface area contributed by atoms with Gasteiger partial charge in [0.2, 0.25) is 11.5 Å². The Kier molecular flexibility index (Phi) is 5.08. The number of nitrogens with one attached hydrogen (secondary N) is 1. The minimum Gasteiger partial charge on any atom is -0.303 e. The molecule has 5 rings (SSSR count). The number of aromatic nitrogens is 4. The maximum absolute atomic E-state index is 10.6. The van der Waals surface area contributed by atoms with Gasteiger partial charge < -0.3 is 5.32 Å². The first-order valence-corrected chi connectivity index (χ1v) is 11.8. The number of anilines is 1. The van der Waals surface area contributed by atoms with Gasteiger partial charge in [-0.3, -0.25) is 9.69 Å². The molecule has 1 amide bonds. The molecule has 1 N–H and O–H groups in total. The Labute approximate surface area is 179 Å². The van der Waals surface area contributed by atoms with E-state index in [4.69, 9.17) is 4.98 Å². The highest BCUT2D eigenvalue weighted by Gasteiger charge is 2.24. The van der Waals surface area contributed by atoms with Crippen molar-refractivity contribution in [2.24, 2.45) is 0 Å². The quantitative estimate of drug-likeness (QED) is 0.470. The number of thiazole rings is 2. The number of nitrogens with zero attached hydrogens (tertiary/aromatic N) is 5. The van der Waals surface area contributed by atoms with Crippen LogP contribution in [0.1, 0.15) is 29.1 Å². The SMILES string of the molecule is CC(c1ccc2scnc2c1)N1CCc2nc(-c3nnc(NC=O)s3)sc2CC1. The van der Waals surface area contributed by atoms with E-state index < -0.39 is 0 Å². The molecule has 148 valence electrons. The highest BCUT2D eigenvalue weighted by atomic mass is 32.1. The number of carbonyl (C=O) groups is 1. The van der Waals surface area contributed by atoms with Crippen LogP contribution < -0.4 is 5.32 Å². The maximum Gasteiger partial charge on any atom is 0.213 e. The van der Waals surface area contributed by atoms with E-state index in [2.05, 4.69) is 50.5 Å². The minimum absolute atomic E-state index is 0.342. The fraction of sp³-hybridized carbons (Fsp3) is 0.316. The molecule has 29 heavy (non-hydrogen) atoms. The van der Waals surface area contributed by atoms with E-state index in [-0.39, 0.29) is 0 Å². The van der Waals surface area contributed by atoms with Crippen LogP contribution in [0.2, 0.25) is 0 Å². The summed E-state index contributed by atoms with van der Waals surface area (Å²) >= 11 is 4.72. The van der Waals surface area contributed by atoms with Crippen LogP contribution >= 0.6 is 34.0 Å². The molecule has 0 fully saturated rings. The van der Waals surface area contributed by atoms with Crippen LogP contribution in [0.3, 0.4) is 0 Å². The Hall–Kier alpha value is -2.27. The molecule has 1 unspecified atom stereocenters. The molecule has 0 aliphatic carbocycles. The number of hydrogen-bond donors (Lipinski definition) is 1. The van der Waals surface area contributed by atoms with Crippen molar-refractivity contribution < 1.29 is 4.79 Å². The number of amides is 1. The molecule has 4 heterocycles. The molecule has 1 aliphatic rings. The summed E-state index contributed by atoms with van der Waals surface area (Å²) in [6.07, 6.45) is 2.52. The molecule has 3 aromatic heterocycles. The van der Waals surface area contributed by atoms with Crippen LogP contribution in [0.15, 0.2) is 23.7 Å². The van der Waals surface area contributed by atoms with Gasteiger partial charge >= 0.3 is 0 Å². The predicted octanol–water partition coefficient (Wildman–Crippen LogP) is 4.00. The maximum atomic E-state index is 10.6. The first kappa shape index (κ1) is 18.7. The number of fused-ring (bicyclic) bond motifs is 2. The Bertz CT molecular complexity index is 1140. The molecular weight excluding hydrogens is 424 g/mol. The van der Waals surface area contributed by atoms with Crippen molar-refractivity contribution in [3.63, 3.8) is 0 Å². The summed E-state index contributed by atoms with van der Waals surface area (Å²) in [5.41, 5.74) is 5.46. The van der Waals surface area contributed by atoms with Gasteiger partial charge in [0, 0.05) is 30.4 Å². The predicted molar refractivity (Wildman–Crippen MR) is 118 cm³/mol. The molecular formula is C19H18N6OS3. The summed E-state index contributed by atoms with van der Waals surface area (Å²) in [7, 11) is 0. The van der Waals surface area contributed by atoms with E-state index in [1.54, 1.807) is 22.7 Å². The van der Waals surface area contributed by atoms with Gasteiger partial charge in [-0.1, -0.05) is 17.4 Å². The molecule has 7 nitrogen and oxygen atoms in total. The fourth-order valence-corrected chi connectivity index (χ4v) is 6.09. The van der Waals surface area contributed by atoms with Crippen molar-refractivity contribution in [2.75, 3.05) is 18.4 Å². The van der Waals surface area contributed by atoms with Crippen LogP contribution in [0.25, 0.3) is 20.2 Å². The highest BCUT2D eigenvalue weighted by molar-refractivity contribution is 7.23. The summed E-state index contributed by atoms with van der Waals surface area (Å²) < 4.78 is 1.24. The van der Waals surface area contributed by atoms with Gasteiger partial charge in [0.15, 0.2) is 10.0 Å². The molecule has 1 atom stereocenters. The normalized spacial score (nSPS) is 15.8. The van der Waals surface area contributed by atoms with Crippen molar-refractivity contribution in [1.29, 1.82) is 0 Å². The van der Waals surface area contributed by atoms with Crippen LogP contribution in [-0.2, 0) is 17.6 Å². The number of rotatable bonds is 5. The summed E-state index contributed by atoms with van der Waals surface area (Å²) in [6.45, 7) is 4.24. The molecule has 1 aromatic carbocycles. The van der Waals surface area contributed by atoms with Gasteiger partial charge in [-0.25, -0.2) is 9.97 Å². The second-order valence-electron chi connectivity index (χ2n) is 6.85. The van der Waals surface area contributed by atoms with Crippen molar-refractivity contribution in [3.8, 4) is 10.0 Å². The van der Waals surface area contributed by atoms with E-state index in [1.807, 2.05) is 5.51 Å². The summed E-state index contributed by atoms with van der Waals surface area (Å²) in [4.78, 5) is 23.7. The van der Waals surface area contributed by atoms with Crippen LogP contribution in [0.5, 0.6) is 0 Å². The number of benzene rings is 1. The average Bonchev–Trinajstić information content (AvgIpc) is 3.45. The minimum atomic E-state index is 0.342. The monoisotopic (exact) mass is 442 g/mol. The second-order valence-corrected chi connectivity index (χ2v) is 9.80. The first-order valence-electron chi connectivity index (χ1n) is 9.31. The zero-order valence-electron chi connectivity index (χ0n) is 15.7. The first-order chi connectivity index (χ1) is 14.2. The van der Waals surface area contributed by atoms with E-state index >= 15 is 0 Å². The third-order valence-corrected chi connectivity index (χ3v) is 8.18. The Balaban J connectivity index is 1.31. The Morgan fingerprint density at radius 3 is 2.97 bits per heavy atom. The molecule has 10 heteroatoms. The highest BCUT2D eigenvalue weighted by Crippen LogP contribution is 2.34. The van der Waals surface area contributed by atoms with Crippen molar-refractivity contribution in [1.82, 2.24) is 25.1 Å². The molecule has 0 saturated heterocycles. The van der Waals surface area contributed by atoms with Gasteiger partial charge in [0.1, 0.15) is 0 Å². The smallest absolute Gasteiger partial charge is 0.213 e. The fourth-order valence-electron chi connectivity index (χ4n) is 3.62. The van der Waals surface area contributed by atoms with Gasteiger partial charge in [-0.15, -0.1) is 32.9 Å². The lowest BCUT2D eigenvalue weighted by atomic mass is 10.1. The number of hydrogen-bond acceptors (Lipinski definition) is 9. The van der Waals surface area contributed by atoms with Crippen LogP contribution in [0.4, 0.5) is 5.13 Å². The second kappa shape index (κ2) is 7.86. The Morgan fingerprint density at radius 1 is 1.17 bits per heavy atom. The molecule has 0 saturated carbocycles. The molecule has 4 aromatic rings.